The van der Waals surface area contributed by atoms with Crippen molar-refractivity contribution in [1.29, 1.82) is 0 Å². The molecule has 126 valence electrons. The van der Waals surface area contributed by atoms with Crippen LogP contribution in [0.1, 0.15) is 18.1 Å². The Bertz CT molecular complexity index is 664. The molecule has 1 amide bonds. The van der Waals surface area contributed by atoms with Crippen LogP contribution >= 0.6 is 0 Å². The van der Waals surface area contributed by atoms with Crippen LogP contribution in [0, 0.1) is 0 Å². The van der Waals surface area contributed by atoms with E-state index < -0.39 is 0 Å². The topological polar surface area (TPSA) is 50.4 Å². The summed E-state index contributed by atoms with van der Waals surface area (Å²) in [5, 5.41) is 6.06. The summed E-state index contributed by atoms with van der Waals surface area (Å²) in [6, 6.07) is 17.8. The first-order valence-electron chi connectivity index (χ1n) is 8.00. The zero-order chi connectivity index (χ0) is 17.2. The molecule has 0 aromatic heterocycles. The van der Waals surface area contributed by atoms with Crippen molar-refractivity contribution in [2.45, 2.75) is 13.5 Å². The zero-order valence-corrected chi connectivity index (χ0v) is 14.2. The van der Waals surface area contributed by atoms with Crippen LogP contribution in [0.15, 0.2) is 60.2 Å². The Hall–Kier alpha value is -2.59. The lowest BCUT2D eigenvalue weighted by atomic mass is 10.1. The van der Waals surface area contributed by atoms with Crippen molar-refractivity contribution in [1.82, 2.24) is 10.6 Å². The highest BCUT2D eigenvalue weighted by molar-refractivity contribution is 5.78. The van der Waals surface area contributed by atoms with Gasteiger partial charge in [-0.25, -0.2) is 0 Å². The predicted octanol–water partition coefficient (Wildman–Crippen LogP) is 3.00. The number of amides is 1. The number of ether oxygens (including phenoxy) is 1. The lowest BCUT2D eigenvalue weighted by Crippen LogP contribution is -2.34. The van der Waals surface area contributed by atoms with Crippen LogP contribution < -0.4 is 15.4 Å². The third-order valence-corrected chi connectivity index (χ3v) is 3.55. The van der Waals surface area contributed by atoms with Gasteiger partial charge >= 0.3 is 0 Å². The summed E-state index contributed by atoms with van der Waals surface area (Å²) in [5.74, 6) is 0.797. The SMILES string of the molecule is COc1ccc(CNC(=O)CNC/C(C)=C/c2ccccc2)cc1. The monoisotopic (exact) mass is 324 g/mol. The highest BCUT2D eigenvalue weighted by Gasteiger charge is 2.01. The van der Waals surface area contributed by atoms with Crippen LogP contribution in [0.4, 0.5) is 0 Å². The maximum absolute atomic E-state index is 11.9. The van der Waals surface area contributed by atoms with Gasteiger partial charge in [-0.1, -0.05) is 54.1 Å². The number of nitrogens with one attached hydrogen (secondary N) is 2. The molecular formula is C20H24N2O2. The lowest BCUT2D eigenvalue weighted by Gasteiger charge is -2.08. The van der Waals surface area contributed by atoms with Gasteiger partial charge in [0.1, 0.15) is 5.75 Å². The lowest BCUT2D eigenvalue weighted by molar-refractivity contribution is -0.120. The molecule has 0 heterocycles. The molecule has 0 fully saturated rings. The van der Waals surface area contributed by atoms with Crippen LogP contribution in [0.2, 0.25) is 0 Å². The highest BCUT2D eigenvalue weighted by Crippen LogP contribution is 2.10. The fourth-order valence-electron chi connectivity index (χ4n) is 2.26. The summed E-state index contributed by atoms with van der Waals surface area (Å²) < 4.78 is 5.11. The average Bonchev–Trinajstić information content (AvgIpc) is 2.61. The van der Waals surface area contributed by atoms with Crippen molar-refractivity contribution in [3.63, 3.8) is 0 Å². The molecule has 24 heavy (non-hydrogen) atoms. The first-order chi connectivity index (χ1) is 11.7. The second-order valence-electron chi connectivity index (χ2n) is 5.63. The largest absolute Gasteiger partial charge is 0.497 e. The number of rotatable bonds is 8. The second kappa shape index (κ2) is 9.53. The Morgan fingerprint density at radius 1 is 1.04 bits per heavy atom. The molecule has 0 saturated carbocycles. The van der Waals surface area contributed by atoms with E-state index in [2.05, 4.69) is 35.8 Å². The van der Waals surface area contributed by atoms with Crippen LogP contribution in [-0.2, 0) is 11.3 Å². The average molecular weight is 324 g/mol. The molecule has 0 radical (unpaired) electrons. The number of methoxy groups -OCH3 is 1. The summed E-state index contributed by atoms with van der Waals surface area (Å²) in [5.41, 5.74) is 3.40. The van der Waals surface area contributed by atoms with Crippen LogP contribution in [0.25, 0.3) is 6.08 Å². The summed E-state index contributed by atoms with van der Waals surface area (Å²) in [7, 11) is 1.64. The van der Waals surface area contributed by atoms with Gasteiger partial charge in [0.05, 0.1) is 13.7 Å². The Balaban J connectivity index is 1.68. The Morgan fingerprint density at radius 2 is 1.75 bits per heavy atom. The van der Waals surface area contributed by atoms with E-state index in [9.17, 15) is 4.79 Å². The Morgan fingerprint density at radius 3 is 2.42 bits per heavy atom. The minimum absolute atomic E-state index is 0.0154. The fourth-order valence-corrected chi connectivity index (χ4v) is 2.26. The molecular weight excluding hydrogens is 300 g/mol. The van der Waals surface area contributed by atoms with Crippen molar-refractivity contribution >= 4 is 12.0 Å². The molecule has 0 aliphatic rings. The Kier molecular flexibility index (Phi) is 7.05. The molecule has 4 heteroatoms. The van der Waals surface area contributed by atoms with E-state index in [0.29, 0.717) is 19.6 Å². The van der Waals surface area contributed by atoms with Gasteiger partial charge in [-0.2, -0.15) is 0 Å². The summed E-state index contributed by atoms with van der Waals surface area (Å²) >= 11 is 0. The molecule has 2 rings (SSSR count). The molecule has 2 N–H and O–H groups in total. The van der Waals surface area contributed by atoms with Crippen molar-refractivity contribution in [3.05, 3.63) is 71.3 Å². The van der Waals surface area contributed by atoms with Crippen molar-refractivity contribution in [2.75, 3.05) is 20.2 Å². The zero-order valence-electron chi connectivity index (χ0n) is 14.2. The van der Waals surface area contributed by atoms with E-state index in [1.807, 2.05) is 42.5 Å². The molecule has 0 unspecified atom stereocenters. The van der Waals surface area contributed by atoms with Gasteiger partial charge in [-0.05, 0) is 30.2 Å². The third-order valence-electron chi connectivity index (χ3n) is 3.55. The predicted molar refractivity (Wildman–Crippen MR) is 97.8 cm³/mol. The van der Waals surface area contributed by atoms with Crippen LogP contribution in [0.5, 0.6) is 5.75 Å². The smallest absolute Gasteiger partial charge is 0.234 e. The van der Waals surface area contributed by atoms with Crippen molar-refractivity contribution < 1.29 is 9.53 Å². The number of carbonyl (C=O) groups excluding carboxylic acids is 1. The van der Waals surface area contributed by atoms with Gasteiger partial charge in [0.2, 0.25) is 5.91 Å². The maximum Gasteiger partial charge on any atom is 0.234 e. The first kappa shape index (κ1) is 17.8. The molecule has 0 atom stereocenters. The first-order valence-corrected chi connectivity index (χ1v) is 8.00. The van der Waals surface area contributed by atoms with Gasteiger partial charge in [0, 0.05) is 13.1 Å². The van der Waals surface area contributed by atoms with Crippen molar-refractivity contribution in [2.24, 2.45) is 0 Å². The van der Waals surface area contributed by atoms with Crippen LogP contribution in [0.3, 0.4) is 0 Å². The maximum atomic E-state index is 11.9. The fraction of sp³-hybridized carbons (Fsp3) is 0.250. The molecule has 0 bridgehead atoms. The summed E-state index contributed by atoms with van der Waals surface area (Å²) in [6.45, 7) is 3.56. The summed E-state index contributed by atoms with van der Waals surface area (Å²) in [6.07, 6.45) is 2.11. The van der Waals surface area contributed by atoms with Gasteiger partial charge in [0.25, 0.3) is 0 Å². The molecule has 4 nitrogen and oxygen atoms in total. The molecule has 0 aliphatic carbocycles. The minimum Gasteiger partial charge on any atom is -0.497 e. The number of hydrogen-bond donors (Lipinski definition) is 2. The van der Waals surface area contributed by atoms with E-state index in [-0.39, 0.29) is 5.91 Å². The normalized spacial score (nSPS) is 11.2. The third kappa shape index (κ3) is 6.26. The van der Waals surface area contributed by atoms with E-state index in [1.165, 1.54) is 11.1 Å². The number of carbonyl (C=O) groups is 1. The van der Waals surface area contributed by atoms with Crippen LogP contribution in [-0.4, -0.2) is 26.1 Å². The number of hydrogen-bond acceptors (Lipinski definition) is 3. The minimum atomic E-state index is -0.0154. The molecule has 2 aromatic carbocycles. The molecule has 0 saturated heterocycles. The molecule has 0 aliphatic heterocycles. The van der Waals surface area contributed by atoms with Crippen molar-refractivity contribution in [3.8, 4) is 5.75 Å². The van der Waals surface area contributed by atoms with E-state index in [4.69, 9.17) is 4.74 Å². The van der Waals surface area contributed by atoms with Gasteiger partial charge in [-0.3, -0.25) is 4.79 Å². The quantitative estimate of drug-likeness (QED) is 0.785. The molecule has 2 aromatic rings. The highest BCUT2D eigenvalue weighted by atomic mass is 16.5. The second-order valence-corrected chi connectivity index (χ2v) is 5.63. The van der Waals surface area contributed by atoms with Gasteiger partial charge < -0.3 is 15.4 Å². The van der Waals surface area contributed by atoms with Gasteiger partial charge in [-0.15, -0.1) is 0 Å². The standard InChI is InChI=1S/C20H24N2O2/c1-16(12-17-6-4-3-5-7-17)13-21-15-20(23)22-14-18-8-10-19(24-2)11-9-18/h3-12,21H,13-15H2,1-2H3,(H,22,23)/b16-12+. The summed E-state index contributed by atoms with van der Waals surface area (Å²) in [4.78, 5) is 11.9. The number of benzene rings is 2. The molecule has 0 spiro atoms. The Labute approximate surface area is 143 Å². The van der Waals surface area contributed by atoms with E-state index in [0.717, 1.165) is 11.3 Å². The van der Waals surface area contributed by atoms with E-state index in [1.54, 1.807) is 7.11 Å². The van der Waals surface area contributed by atoms with Gasteiger partial charge in [0.15, 0.2) is 0 Å². The van der Waals surface area contributed by atoms with E-state index >= 15 is 0 Å².